The third kappa shape index (κ3) is 2.98. The Morgan fingerprint density at radius 1 is 1.24 bits per heavy atom. The SMILES string of the molecule is O=C(Nc1ccc(F)c(-c2cn3cc(O)cnc3n2)c1)N1CCCC1. The Labute approximate surface area is 142 Å². The Kier molecular flexibility index (Phi) is 3.72. The van der Waals surface area contributed by atoms with Gasteiger partial charge in [0.25, 0.3) is 0 Å². The highest BCUT2D eigenvalue weighted by Gasteiger charge is 2.18. The van der Waals surface area contributed by atoms with Crippen LogP contribution in [0.15, 0.2) is 36.8 Å². The quantitative estimate of drug-likeness (QED) is 0.751. The number of hydrogen-bond acceptors (Lipinski definition) is 4. The Morgan fingerprint density at radius 3 is 2.84 bits per heavy atom. The first kappa shape index (κ1) is 15.4. The summed E-state index contributed by atoms with van der Waals surface area (Å²) in [6.07, 6.45) is 6.30. The predicted octanol–water partition coefficient (Wildman–Crippen LogP) is 2.87. The Morgan fingerprint density at radius 2 is 2.04 bits per heavy atom. The third-order valence-electron chi connectivity index (χ3n) is 4.18. The number of benzene rings is 1. The molecule has 1 fully saturated rings. The molecule has 25 heavy (non-hydrogen) atoms. The summed E-state index contributed by atoms with van der Waals surface area (Å²) in [5.41, 5.74) is 1.12. The number of aromatic hydroxyl groups is 1. The normalized spacial score (nSPS) is 14.2. The fraction of sp³-hybridized carbons (Fsp3) is 0.235. The van der Waals surface area contributed by atoms with Crippen molar-refractivity contribution in [3.8, 4) is 17.0 Å². The zero-order chi connectivity index (χ0) is 17.4. The second-order valence-electron chi connectivity index (χ2n) is 5.96. The number of halogens is 1. The van der Waals surface area contributed by atoms with Gasteiger partial charge in [0, 0.05) is 30.5 Å². The van der Waals surface area contributed by atoms with E-state index in [0.717, 1.165) is 25.9 Å². The molecule has 0 unspecified atom stereocenters. The number of aromatic nitrogens is 3. The lowest BCUT2D eigenvalue weighted by molar-refractivity contribution is 0.222. The van der Waals surface area contributed by atoms with E-state index in [1.54, 1.807) is 17.2 Å². The highest BCUT2D eigenvalue weighted by Crippen LogP contribution is 2.26. The van der Waals surface area contributed by atoms with Gasteiger partial charge in [-0.1, -0.05) is 0 Å². The molecule has 0 spiro atoms. The molecule has 0 saturated carbocycles. The van der Waals surface area contributed by atoms with Crippen molar-refractivity contribution in [1.29, 1.82) is 0 Å². The fourth-order valence-corrected chi connectivity index (χ4v) is 2.93. The van der Waals surface area contributed by atoms with Crippen molar-refractivity contribution in [2.45, 2.75) is 12.8 Å². The first-order chi connectivity index (χ1) is 12.1. The topological polar surface area (TPSA) is 82.8 Å². The molecule has 3 heterocycles. The van der Waals surface area contributed by atoms with Gasteiger partial charge in [-0.25, -0.2) is 19.2 Å². The van der Waals surface area contributed by atoms with Gasteiger partial charge >= 0.3 is 6.03 Å². The number of imidazole rings is 1. The van der Waals surface area contributed by atoms with Gasteiger partial charge in [-0.05, 0) is 31.0 Å². The van der Waals surface area contributed by atoms with Crippen LogP contribution in [0.25, 0.3) is 17.0 Å². The maximum absolute atomic E-state index is 14.3. The van der Waals surface area contributed by atoms with Crippen molar-refractivity contribution in [1.82, 2.24) is 19.3 Å². The molecule has 0 bridgehead atoms. The van der Waals surface area contributed by atoms with E-state index in [9.17, 15) is 14.3 Å². The number of carbonyl (C=O) groups is 1. The predicted molar refractivity (Wildman–Crippen MR) is 89.9 cm³/mol. The summed E-state index contributed by atoms with van der Waals surface area (Å²) in [6, 6.07) is 4.18. The van der Waals surface area contributed by atoms with Crippen LogP contribution in [0.2, 0.25) is 0 Å². The van der Waals surface area contributed by atoms with Crippen molar-refractivity contribution < 1.29 is 14.3 Å². The van der Waals surface area contributed by atoms with Crippen LogP contribution in [0.4, 0.5) is 14.9 Å². The fourth-order valence-electron chi connectivity index (χ4n) is 2.93. The summed E-state index contributed by atoms with van der Waals surface area (Å²) in [7, 11) is 0. The average Bonchev–Trinajstić information content (AvgIpc) is 3.25. The van der Waals surface area contributed by atoms with Crippen LogP contribution in [0.3, 0.4) is 0 Å². The van der Waals surface area contributed by atoms with Crippen LogP contribution < -0.4 is 5.32 Å². The number of anilines is 1. The van der Waals surface area contributed by atoms with Gasteiger partial charge in [-0.15, -0.1) is 0 Å². The molecular weight excluding hydrogens is 325 g/mol. The number of nitrogens with zero attached hydrogens (tertiary/aromatic N) is 4. The second kappa shape index (κ2) is 6.04. The summed E-state index contributed by atoms with van der Waals surface area (Å²) in [6.45, 7) is 1.48. The first-order valence-corrected chi connectivity index (χ1v) is 8.00. The summed E-state index contributed by atoms with van der Waals surface area (Å²) in [5.74, 6) is -0.117. The summed E-state index contributed by atoms with van der Waals surface area (Å²) < 4.78 is 15.8. The van der Waals surface area contributed by atoms with Crippen molar-refractivity contribution in [2.24, 2.45) is 0 Å². The van der Waals surface area contributed by atoms with E-state index in [0.29, 0.717) is 17.2 Å². The highest BCUT2D eigenvalue weighted by atomic mass is 19.1. The van der Waals surface area contributed by atoms with Gasteiger partial charge in [0.05, 0.1) is 18.1 Å². The summed E-state index contributed by atoms with van der Waals surface area (Å²) in [5, 5.41) is 12.3. The second-order valence-corrected chi connectivity index (χ2v) is 5.96. The number of rotatable bonds is 2. The number of urea groups is 1. The van der Waals surface area contributed by atoms with Gasteiger partial charge < -0.3 is 15.3 Å². The van der Waals surface area contributed by atoms with Crippen LogP contribution >= 0.6 is 0 Å². The minimum absolute atomic E-state index is 0.0106. The molecule has 128 valence electrons. The van der Waals surface area contributed by atoms with Gasteiger partial charge in [-0.2, -0.15) is 0 Å². The molecule has 0 aliphatic carbocycles. The van der Waals surface area contributed by atoms with E-state index in [-0.39, 0.29) is 17.3 Å². The maximum atomic E-state index is 14.3. The van der Waals surface area contributed by atoms with E-state index >= 15 is 0 Å². The summed E-state index contributed by atoms with van der Waals surface area (Å²) in [4.78, 5) is 22.2. The van der Waals surface area contributed by atoms with Crippen molar-refractivity contribution in [2.75, 3.05) is 18.4 Å². The van der Waals surface area contributed by atoms with E-state index in [2.05, 4.69) is 15.3 Å². The standard InChI is InChI=1S/C17H16FN5O2/c18-14-4-3-11(20-17(25)22-5-1-2-6-22)7-13(14)15-10-23-9-12(24)8-19-16(23)21-15/h3-4,7-10,24H,1-2,5-6H2,(H,20,25). The van der Waals surface area contributed by atoms with E-state index in [4.69, 9.17) is 0 Å². The monoisotopic (exact) mass is 341 g/mol. The molecule has 2 aromatic heterocycles. The van der Waals surface area contributed by atoms with Crippen molar-refractivity contribution in [3.05, 3.63) is 42.6 Å². The molecule has 1 aliphatic rings. The zero-order valence-electron chi connectivity index (χ0n) is 13.3. The largest absolute Gasteiger partial charge is 0.505 e. The third-order valence-corrected chi connectivity index (χ3v) is 4.18. The zero-order valence-corrected chi connectivity index (χ0v) is 13.3. The maximum Gasteiger partial charge on any atom is 0.321 e. The van der Waals surface area contributed by atoms with Crippen molar-refractivity contribution in [3.63, 3.8) is 0 Å². The molecular formula is C17H16FN5O2. The number of amides is 2. The van der Waals surface area contributed by atoms with Crippen LogP contribution in [-0.4, -0.2) is 43.5 Å². The van der Waals surface area contributed by atoms with Gasteiger partial charge in [0.1, 0.15) is 5.82 Å². The molecule has 8 heteroatoms. The number of hydrogen-bond donors (Lipinski definition) is 2. The van der Waals surface area contributed by atoms with Crippen LogP contribution in [0.5, 0.6) is 5.75 Å². The number of nitrogens with one attached hydrogen (secondary N) is 1. The minimum atomic E-state index is -0.452. The lowest BCUT2D eigenvalue weighted by Gasteiger charge is -2.16. The lowest BCUT2D eigenvalue weighted by Crippen LogP contribution is -2.32. The molecule has 7 nitrogen and oxygen atoms in total. The average molecular weight is 341 g/mol. The van der Waals surface area contributed by atoms with E-state index in [1.807, 2.05) is 0 Å². The molecule has 1 aromatic carbocycles. The smallest absolute Gasteiger partial charge is 0.321 e. The van der Waals surface area contributed by atoms with E-state index in [1.165, 1.54) is 28.9 Å². The van der Waals surface area contributed by atoms with Crippen molar-refractivity contribution >= 4 is 17.5 Å². The van der Waals surface area contributed by atoms with Gasteiger partial charge in [0.15, 0.2) is 5.75 Å². The highest BCUT2D eigenvalue weighted by molar-refractivity contribution is 5.90. The van der Waals surface area contributed by atoms with Crippen LogP contribution in [0.1, 0.15) is 12.8 Å². The first-order valence-electron chi connectivity index (χ1n) is 8.00. The van der Waals surface area contributed by atoms with Crippen LogP contribution in [0, 0.1) is 5.82 Å². The Balaban J connectivity index is 1.65. The van der Waals surface area contributed by atoms with Crippen LogP contribution in [-0.2, 0) is 0 Å². The molecule has 3 aromatic rings. The molecule has 2 amide bonds. The molecule has 1 aliphatic heterocycles. The number of fused-ring (bicyclic) bond motifs is 1. The molecule has 4 rings (SSSR count). The number of likely N-dealkylation sites (tertiary alicyclic amines) is 1. The van der Waals surface area contributed by atoms with Gasteiger partial charge in [0.2, 0.25) is 5.78 Å². The molecule has 2 N–H and O–H groups in total. The van der Waals surface area contributed by atoms with E-state index < -0.39 is 5.82 Å². The Bertz CT molecular complexity index is 949. The van der Waals surface area contributed by atoms with Gasteiger partial charge in [-0.3, -0.25) is 4.40 Å². The molecule has 1 saturated heterocycles. The number of carbonyl (C=O) groups excluding carboxylic acids is 1. The Hall–Kier alpha value is -3.16. The molecule has 0 radical (unpaired) electrons. The lowest BCUT2D eigenvalue weighted by atomic mass is 10.1. The molecule has 0 atom stereocenters. The minimum Gasteiger partial charge on any atom is -0.505 e. The summed E-state index contributed by atoms with van der Waals surface area (Å²) >= 11 is 0.